The fourth-order valence-corrected chi connectivity index (χ4v) is 1.23. The summed E-state index contributed by atoms with van der Waals surface area (Å²) in [5.74, 6) is -1.36. The smallest absolute Gasteiger partial charge is 0.341 e. The van der Waals surface area contributed by atoms with Crippen LogP contribution in [0.1, 0.15) is 37.0 Å². The molecule has 0 amide bonds. The van der Waals surface area contributed by atoms with Crippen molar-refractivity contribution in [3.8, 4) is 5.75 Å². The molecule has 0 aliphatic carbocycles. The van der Waals surface area contributed by atoms with E-state index < -0.39 is 11.9 Å². The zero-order chi connectivity index (χ0) is 15.4. The lowest BCUT2D eigenvalue weighted by Crippen LogP contribution is -2.06. The number of esters is 1. The van der Waals surface area contributed by atoms with Crippen LogP contribution in [0.5, 0.6) is 5.75 Å². The van der Waals surface area contributed by atoms with E-state index in [9.17, 15) is 9.90 Å². The van der Waals surface area contributed by atoms with Crippen LogP contribution in [-0.4, -0.2) is 28.8 Å². The Hall–Kier alpha value is -2.30. The van der Waals surface area contributed by atoms with Crippen molar-refractivity contribution < 1.29 is 24.5 Å². The van der Waals surface area contributed by atoms with Gasteiger partial charge in [0.05, 0.1) is 6.61 Å². The molecular weight excluding hydrogens is 260 g/mol. The van der Waals surface area contributed by atoms with Gasteiger partial charge in [-0.1, -0.05) is 31.2 Å². The van der Waals surface area contributed by atoms with Gasteiger partial charge in [-0.05, 0) is 25.0 Å². The van der Waals surface area contributed by atoms with Crippen molar-refractivity contribution in [2.24, 2.45) is 0 Å². The number of benzene rings is 1. The summed E-state index contributed by atoms with van der Waals surface area (Å²) in [5, 5.41) is 16.8. The van der Waals surface area contributed by atoms with Crippen LogP contribution in [0.15, 0.2) is 36.4 Å². The van der Waals surface area contributed by atoms with Crippen molar-refractivity contribution in [1.29, 1.82) is 0 Å². The fraction of sp³-hybridized carbons (Fsp3) is 0.333. The number of hydrogen-bond donors (Lipinski definition) is 2. The zero-order valence-electron chi connectivity index (χ0n) is 11.7. The topological polar surface area (TPSA) is 83.8 Å². The van der Waals surface area contributed by atoms with Gasteiger partial charge in [-0.25, -0.2) is 4.79 Å². The van der Waals surface area contributed by atoms with E-state index in [1.54, 1.807) is 18.2 Å². The van der Waals surface area contributed by atoms with E-state index in [1.807, 2.05) is 19.1 Å². The summed E-state index contributed by atoms with van der Waals surface area (Å²) in [4.78, 5) is 20.5. The largest absolute Gasteiger partial charge is 0.507 e. The Balaban J connectivity index is 0.000000796. The highest BCUT2D eigenvalue weighted by atomic mass is 16.5. The third kappa shape index (κ3) is 8.74. The number of carboxylic acid groups (broad SMARTS) is 1. The van der Waals surface area contributed by atoms with Crippen molar-refractivity contribution in [2.45, 2.75) is 26.7 Å². The second-order valence-electron chi connectivity index (χ2n) is 3.84. The van der Waals surface area contributed by atoms with Gasteiger partial charge in [-0.15, -0.1) is 0 Å². The van der Waals surface area contributed by atoms with Gasteiger partial charge in [0.25, 0.3) is 5.97 Å². The molecule has 0 saturated carbocycles. The lowest BCUT2D eigenvalue weighted by atomic mass is 10.2. The second kappa shape index (κ2) is 10.6. The van der Waals surface area contributed by atoms with Crippen LogP contribution in [0, 0.1) is 0 Å². The number of phenols is 1. The number of carbonyl (C=O) groups is 2. The van der Waals surface area contributed by atoms with Crippen LogP contribution in [0.2, 0.25) is 0 Å². The molecular formula is C15H20O5. The van der Waals surface area contributed by atoms with Gasteiger partial charge in [-0.2, -0.15) is 0 Å². The average molecular weight is 280 g/mol. The van der Waals surface area contributed by atoms with Crippen LogP contribution >= 0.6 is 0 Å². The normalized spacial score (nSPS) is 9.70. The Labute approximate surface area is 118 Å². The van der Waals surface area contributed by atoms with E-state index in [4.69, 9.17) is 14.6 Å². The van der Waals surface area contributed by atoms with Crippen LogP contribution in [0.25, 0.3) is 0 Å². The molecule has 110 valence electrons. The predicted octanol–water partition coefficient (Wildman–Crippen LogP) is 3.00. The van der Waals surface area contributed by atoms with E-state index in [0.717, 1.165) is 13.3 Å². The van der Waals surface area contributed by atoms with Crippen molar-refractivity contribution >= 4 is 11.9 Å². The van der Waals surface area contributed by atoms with Gasteiger partial charge in [0.15, 0.2) is 0 Å². The summed E-state index contributed by atoms with van der Waals surface area (Å²) < 4.78 is 5.01. The Morgan fingerprint density at radius 1 is 1.25 bits per heavy atom. The molecule has 5 heteroatoms. The number of rotatable bonds is 5. The molecule has 1 rings (SSSR count). The summed E-state index contributed by atoms with van der Waals surface area (Å²) >= 11 is 0. The molecule has 0 unspecified atom stereocenters. The highest BCUT2D eigenvalue weighted by molar-refractivity contribution is 5.92. The summed E-state index contributed by atoms with van der Waals surface area (Å²) in [6, 6.07) is 6.36. The van der Waals surface area contributed by atoms with E-state index in [2.05, 4.69) is 0 Å². The molecule has 5 nitrogen and oxygen atoms in total. The molecule has 0 atom stereocenters. The van der Waals surface area contributed by atoms with Crippen LogP contribution in [0.3, 0.4) is 0 Å². The molecule has 0 aromatic heterocycles. The van der Waals surface area contributed by atoms with Gasteiger partial charge in [0.1, 0.15) is 11.3 Å². The van der Waals surface area contributed by atoms with Crippen molar-refractivity contribution in [2.75, 3.05) is 6.61 Å². The molecule has 0 aliphatic heterocycles. The number of carboxylic acids is 1. The van der Waals surface area contributed by atoms with Gasteiger partial charge < -0.3 is 14.9 Å². The van der Waals surface area contributed by atoms with Crippen LogP contribution in [-0.2, 0) is 9.53 Å². The molecule has 0 fully saturated rings. The van der Waals surface area contributed by atoms with Gasteiger partial charge in [-0.3, -0.25) is 4.79 Å². The molecule has 2 N–H and O–H groups in total. The highest BCUT2D eigenvalue weighted by Gasteiger charge is 2.10. The maximum Gasteiger partial charge on any atom is 0.341 e. The van der Waals surface area contributed by atoms with Gasteiger partial charge >= 0.3 is 5.97 Å². The van der Waals surface area contributed by atoms with Gasteiger partial charge in [0.2, 0.25) is 0 Å². The molecule has 1 aromatic carbocycles. The first kappa shape index (κ1) is 17.7. The summed E-state index contributed by atoms with van der Waals surface area (Å²) in [5.41, 5.74) is 0.210. The number of hydrogen-bond acceptors (Lipinski definition) is 4. The first-order valence-corrected chi connectivity index (χ1v) is 6.28. The quantitative estimate of drug-likeness (QED) is 0.492. The Morgan fingerprint density at radius 2 is 1.85 bits per heavy atom. The standard InChI is InChI=1S/C13H16O3.C2H4O2/c1-2-3-4-7-10-16-13(15)11-8-5-6-9-12(11)14;1-2(3)4/h3-6,8-9,14H,2,7,10H2,1H3;1H3,(H,3,4). The SMILES string of the molecule is CC(=O)O.CCC=CCCOC(=O)c1ccccc1O. The summed E-state index contributed by atoms with van der Waals surface area (Å²) in [6.45, 7) is 3.47. The van der Waals surface area contributed by atoms with Crippen LogP contribution < -0.4 is 0 Å². The van der Waals surface area contributed by atoms with E-state index in [0.29, 0.717) is 13.0 Å². The molecule has 0 spiro atoms. The minimum Gasteiger partial charge on any atom is -0.507 e. The molecule has 20 heavy (non-hydrogen) atoms. The van der Waals surface area contributed by atoms with Crippen molar-refractivity contribution in [3.63, 3.8) is 0 Å². The molecule has 0 radical (unpaired) electrons. The monoisotopic (exact) mass is 280 g/mol. The zero-order valence-corrected chi connectivity index (χ0v) is 11.7. The number of para-hydroxylation sites is 1. The third-order valence-electron chi connectivity index (χ3n) is 2.04. The summed E-state index contributed by atoms with van der Waals surface area (Å²) in [6.07, 6.45) is 5.67. The Morgan fingerprint density at radius 3 is 2.40 bits per heavy atom. The number of aromatic hydroxyl groups is 1. The fourth-order valence-electron chi connectivity index (χ4n) is 1.23. The minimum absolute atomic E-state index is 0.0448. The minimum atomic E-state index is -0.833. The predicted molar refractivity (Wildman–Crippen MR) is 75.7 cm³/mol. The number of phenolic OH excluding ortho intramolecular Hbond substituents is 1. The number of carbonyl (C=O) groups excluding carboxylic acids is 1. The first-order chi connectivity index (χ1) is 9.49. The maximum atomic E-state index is 11.5. The third-order valence-corrected chi connectivity index (χ3v) is 2.04. The van der Waals surface area contributed by atoms with Gasteiger partial charge in [0, 0.05) is 6.92 Å². The molecule has 0 saturated heterocycles. The highest BCUT2D eigenvalue weighted by Crippen LogP contribution is 2.16. The summed E-state index contributed by atoms with van der Waals surface area (Å²) in [7, 11) is 0. The van der Waals surface area contributed by atoms with E-state index in [1.165, 1.54) is 6.07 Å². The molecule has 0 aliphatic rings. The molecule has 0 bridgehead atoms. The van der Waals surface area contributed by atoms with Crippen LogP contribution in [0.4, 0.5) is 0 Å². The lowest BCUT2D eigenvalue weighted by molar-refractivity contribution is -0.134. The van der Waals surface area contributed by atoms with Crippen molar-refractivity contribution in [1.82, 2.24) is 0 Å². The number of aliphatic carboxylic acids is 1. The number of allylic oxidation sites excluding steroid dienone is 1. The molecule has 0 heterocycles. The van der Waals surface area contributed by atoms with E-state index in [-0.39, 0.29) is 11.3 Å². The second-order valence-corrected chi connectivity index (χ2v) is 3.84. The van der Waals surface area contributed by atoms with E-state index >= 15 is 0 Å². The Kier molecular flexibility index (Phi) is 9.39. The maximum absolute atomic E-state index is 11.5. The first-order valence-electron chi connectivity index (χ1n) is 6.28. The molecule has 1 aromatic rings. The number of ether oxygens (including phenoxy) is 1. The average Bonchev–Trinajstić information content (AvgIpc) is 2.38. The van der Waals surface area contributed by atoms with Crippen molar-refractivity contribution in [3.05, 3.63) is 42.0 Å². The lowest BCUT2D eigenvalue weighted by Gasteiger charge is -2.04. The Bertz CT molecular complexity index is 447.